The lowest BCUT2D eigenvalue weighted by molar-refractivity contribution is -0.148. The maximum absolute atomic E-state index is 11.6. The molecule has 4 saturated carbocycles. The van der Waals surface area contributed by atoms with Gasteiger partial charge in [0.2, 0.25) is 0 Å². The number of aliphatic hydroxyl groups excluding tert-OH is 2. The van der Waals surface area contributed by atoms with E-state index in [1.807, 2.05) is 0 Å². The van der Waals surface area contributed by atoms with Crippen molar-refractivity contribution in [1.29, 1.82) is 0 Å². The molecule has 0 amide bonds. The molecule has 0 aromatic heterocycles. The molecule has 0 radical (unpaired) electrons. The van der Waals surface area contributed by atoms with Crippen molar-refractivity contribution in [3.8, 4) is 0 Å². The van der Waals surface area contributed by atoms with Gasteiger partial charge < -0.3 is 21.2 Å². The molecule has 4 fully saturated rings. The second kappa shape index (κ2) is 7.77. The van der Waals surface area contributed by atoms with Crippen LogP contribution in [0.4, 0.5) is 0 Å². The molecule has 4 rings (SSSR count). The van der Waals surface area contributed by atoms with Crippen molar-refractivity contribution in [3.05, 3.63) is 0 Å². The normalized spacial score (nSPS) is 50.4. The molecule has 6 nitrogen and oxygen atoms in total. The number of carboxylic acid groups (broad SMARTS) is 1. The zero-order valence-electron chi connectivity index (χ0n) is 18.8. The smallest absolute Gasteiger partial charge is 0.303 e. The number of hydrogen-bond donors (Lipinski definition) is 4. The van der Waals surface area contributed by atoms with Crippen LogP contribution in [0.25, 0.3) is 0 Å². The zero-order valence-corrected chi connectivity index (χ0v) is 18.8. The topological polar surface area (TPSA) is 116 Å². The average molecular weight is 421 g/mol. The number of nitrogens with zero attached hydrogens (tertiary/aromatic N) is 1. The van der Waals surface area contributed by atoms with Crippen molar-refractivity contribution in [3.63, 3.8) is 0 Å². The summed E-state index contributed by atoms with van der Waals surface area (Å²) < 4.78 is 0. The Labute approximate surface area is 180 Å². The lowest BCUT2D eigenvalue weighted by atomic mass is 9.43. The molecule has 0 saturated heterocycles. The van der Waals surface area contributed by atoms with Gasteiger partial charge in [0.05, 0.1) is 12.2 Å². The summed E-state index contributed by atoms with van der Waals surface area (Å²) in [5.74, 6) is 7.19. The Morgan fingerprint density at radius 1 is 1.20 bits per heavy atom. The maximum Gasteiger partial charge on any atom is 0.303 e. The van der Waals surface area contributed by atoms with Gasteiger partial charge in [-0.15, -0.1) is 0 Å². The van der Waals surface area contributed by atoms with Gasteiger partial charge >= 0.3 is 5.97 Å². The minimum Gasteiger partial charge on any atom is -0.481 e. The third-order valence-electron chi connectivity index (χ3n) is 10.3. The Morgan fingerprint density at radius 2 is 1.93 bits per heavy atom. The predicted molar refractivity (Wildman–Crippen MR) is 116 cm³/mol. The Kier molecular flexibility index (Phi) is 5.72. The number of carbonyl (C=O) groups is 1. The molecule has 0 heterocycles. The van der Waals surface area contributed by atoms with E-state index in [2.05, 4.69) is 25.9 Å². The number of rotatable bonds is 4. The van der Waals surface area contributed by atoms with Crippen molar-refractivity contribution in [2.45, 2.75) is 90.8 Å². The molecule has 0 unspecified atom stereocenters. The third-order valence-corrected chi connectivity index (χ3v) is 10.3. The van der Waals surface area contributed by atoms with Crippen LogP contribution in [0, 0.1) is 46.3 Å². The molecule has 30 heavy (non-hydrogen) atoms. The standard InChI is InChI=1S/C24H40N2O4/c1-13(4-7-21(29)30)16-5-6-17-22-18(12-20(28)24(16,17)3)23(2)9-8-15(27)10-14(23)11-19(22)26-25/h13-18,20,22,27-28H,4-12,25H2,1-3H3,(H,29,30)/b26-19+/t13-,14+,15-,16-,17+,18+,20+,22+,23+,24-/m1/s1. The Morgan fingerprint density at radius 3 is 2.60 bits per heavy atom. The van der Waals surface area contributed by atoms with E-state index in [-0.39, 0.29) is 35.4 Å². The molecule has 0 aliphatic heterocycles. The van der Waals surface area contributed by atoms with E-state index >= 15 is 0 Å². The number of hydrogen-bond acceptors (Lipinski definition) is 5. The van der Waals surface area contributed by atoms with E-state index in [0.29, 0.717) is 36.0 Å². The summed E-state index contributed by atoms with van der Waals surface area (Å²) in [4.78, 5) is 11.1. The number of hydrazone groups is 1. The third kappa shape index (κ3) is 3.21. The van der Waals surface area contributed by atoms with Gasteiger partial charge in [-0.2, -0.15) is 5.10 Å². The fourth-order valence-corrected chi connectivity index (χ4v) is 8.56. The van der Waals surface area contributed by atoms with Crippen LogP contribution in [-0.2, 0) is 4.79 Å². The van der Waals surface area contributed by atoms with Crippen LogP contribution in [0.15, 0.2) is 5.10 Å². The lowest BCUT2D eigenvalue weighted by Gasteiger charge is -2.62. The Bertz CT molecular complexity index is 711. The van der Waals surface area contributed by atoms with Crippen LogP contribution in [-0.4, -0.2) is 39.2 Å². The van der Waals surface area contributed by atoms with E-state index in [1.165, 1.54) is 0 Å². The van der Waals surface area contributed by atoms with Crippen molar-refractivity contribution in [2.75, 3.05) is 0 Å². The number of carboxylic acids is 1. The van der Waals surface area contributed by atoms with Crippen molar-refractivity contribution in [2.24, 2.45) is 57.3 Å². The molecule has 6 heteroatoms. The quantitative estimate of drug-likeness (QED) is 0.411. The maximum atomic E-state index is 11.6. The molecule has 10 atom stereocenters. The molecule has 0 bridgehead atoms. The van der Waals surface area contributed by atoms with E-state index in [9.17, 15) is 15.0 Å². The van der Waals surface area contributed by atoms with Crippen LogP contribution in [0.1, 0.15) is 78.6 Å². The molecule has 4 aliphatic carbocycles. The monoisotopic (exact) mass is 420 g/mol. The average Bonchev–Trinajstić information content (AvgIpc) is 3.06. The first kappa shape index (κ1) is 22.1. The minimum absolute atomic E-state index is 0.118. The van der Waals surface area contributed by atoms with Gasteiger partial charge in [0.25, 0.3) is 0 Å². The van der Waals surface area contributed by atoms with Gasteiger partial charge in [-0.1, -0.05) is 20.8 Å². The minimum atomic E-state index is -0.742. The highest BCUT2D eigenvalue weighted by Gasteiger charge is 2.65. The van der Waals surface area contributed by atoms with Crippen LogP contribution < -0.4 is 5.84 Å². The Balaban J connectivity index is 1.65. The van der Waals surface area contributed by atoms with E-state index < -0.39 is 5.97 Å². The predicted octanol–water partition coefficient (Wildman–Crippen LogP) is 3.40. The second-order valence-corrected chi connectivity index (χ2v) is 11.4. The zero-order chi connectivity index (χ0) is 21.8. The number of aliphatic hydroxyl groups is 2. The largest absolute Gasteiger partial charge is 0.481 e. The highest BCUT2D eigenvalue weighted by molar-refractivity contribution is 5.88. The van der Waals surface area contributed by atoms with E-state index in [4.69, 9.17) is 10.9 Å². The number of nitrogens with two attached hydrogens (primary N) is 1. The summed E-state index contributed by atoms with van der Waals surface area (Å²) in [5, 5.41) is 35.3. The first-order chi connectivity index (χ1) is 14.1. The van der Waals surface area contributed by atoms with Crippen molar-refractivity contribution >= 4 is 11.7 Å². The van der Waals surface area contributed by atoms with Crippen LogP contribution >= 0.6 is 0 Å². The number of fused-ring (bicyclic) bond motifs is 5. The molecule has 4 aliphatic rings. The summed E-state index contributed by atoms with van der Waals surface area (Å²) in [7, 11) is 0. The van der Waals surface area contributed by atoms with Gasteiger partial charge in [-0.05, 0) is 86.4 Å². The van der Waals surface area contributed by atoms with Crippen LogP contribution in [0.2, 0.25) is 0 Å². The van der Waals surface area contributed by atoms with Crippen LogP contribution in [0.3, 0.4) is 0 Å². The van der Waals surface area contributed by atoms with Crippen molar-refractivity contribution in [1.82, 2.24) is 0 Å². The fraction of sp³-hybridized carbons (Fsp3) is 0.917. The summed E-state index contributed by atoms with van der Waals surface area (Å²) in [6.45, 7) is 6.80. The molecule has 5 N–H and O–H groups in total. The molecular formula is C24H40N2O4. The summed E-state index contributed by atoms with van der Waals surface area (Å²) in [6.07, 6.45) is 6.63. The molecule has 0 aromatic rings. The molecule has 0 aromatic carbocycles. The molecule has 0 spiro atoms. The first-order valence-corrected chi connectivity index (χ1v) is 12.0. The second-order valence-electron chi connectivity index (χ2n) is 11.4. The van der Waals surface area contributed by atoms with Crippen molar-refractivity contribution < 1.29 is 20.1 Å². The Hall–Kier alpha value is -1.14. The summed E-state index contributed by atoms with van der Waals surface area (Å²) in [6, 6.07) is 0. The van der Waals surface area contributed by atoms with Gasteiger partial charge in [-0.25, -0.2) is 0 Å². The van der Waals surface area contributed by atoms with Gasteiger partial charge in [-0.3, -0.25) is 4.79 Å². The van der Waals surface area contributed by atoms with E-state index in [1.54, 1.807) is 0 Å². The highest BCUT2D eigenvalue weighted by atomic mass is 16.4. The van der Waals surface area contributed by atoms with Gasteiger partial charge in [0.1, 0.15) is 0 Å². The van der Waals surface area contributed by atoms with Gasteiger partial charge in [0, 0.05) is 23.5 Å². The van der Waals surface area contributed by atoms with E-state index in [0.717, 1.165) is 50.7 Å². The van der Waals surface area contributed by atoms with Gasteiger partial charge in [0.15, 0.2) is 0 Å². The van der Waals surface area contributed by atoms with Crippen LogP contribution in [0.5, 0.6) is 0 Å². The fourth-order valence-electron chi connectivity index (χ4n) is 8.56. The molecular weight excluding hydrogens is 380 g/mol. The highest BCUT2D eigenvalue weighted by Crippen LogP contribution is 2.67. The SMILES string of the molecule is C[C@H](CCC(=O)O)[C@H]1CC[C@H]2[C@@H]3/C(=N/N)C[C@@H]4C[C@H](O)CC[C@]4(C)[C@H]3C[C@H](O)[C@]12C. The lowest BCUT2D eigenvalue weighted by Crippen LogP contribution is -2.61. The molecule has 170 valence electrons. The first-order valence-electron chi connectivity index (χ1n) is 12.0. The summed E-state index contributed by atoms with van der Waals surface area (Å²) in [5.41, 5.74) is 0.998. The number of aliphatic carboxylic acids is 1. The summed E-state index contributed by atoms with van der Waals surface area (Å²) >= 11 is 0.